The third-order valence-electron chi connectivity index (χ3n) is 10.2. The number of hydrogen-bond donors (Lipinski definition) is 3. The van der Waals surface area contributed by atoms with E-state index in [-0.39, 0.29) is 16.7 Å². The normalized spacial score (nSPS) is 49.0. The van der Waals surface area contributed by atoms with Gasteiger partial charge in [-0.25, -0.2) is 10.8 Å². The monoisotopic (exact) mass is 394 g/mol. The topological polar surface area (TPSA) is 83.8 Å². The summed E-state index contributed by atoms with van der Waals surface area (Å²) < 4.78 is 0. The molecule has 1 aromatic heterocycles. The molecule has 5 heteroatoms. The van der Waals surface area contributed by atoms with Crippen molar-refractivity contribution in [3.8, 4) is 0 Å². The van der Waals surface area contributed by atoms with Crippen molar-refractivity contribution in [1.82, 2.24) is 15.4 Å². The number of nitrogens with one attached hydrogen (secondary N) is 2. The summed E-state index contributed by atoms with van der Waals surface area (Å²) in [7, 11) is 0. The van der Waals surface area contributed by atoms with Gasteiger partial charge in [0.1, 0.15) is 5.82 Å². The number of H-pyrrole nitrogens is 1. The van der Waals surface area contributed by atoms with Gasteiger partial charge >= 0.3 is 0 Å². The predicted octanol–water partition coefficient (Wildman–Crippen LogP) is 3.95. The van der Waals surface area contributed by atoms with Gasteiger partial charge in [0.05, 0.1) is 5.69 Å². The van der Waals surface area contributed by atoms with Crippen LogP contribution in [0.1, 0.15) is 99.1 Å². The van der Waals surface area contributed by atoms with Crippen molar-refractivity contribution in [1.29, 1.82) is 0 Å². The number of nitrogens with two attached hydrogens (primary N) is 1. The van der Waals surface area contributed by atoms with Crippen LogP contribution in [-0.4, -0.2) is 15.9 Å². The van der Waals surface area contributed by atoms with Crippen LogP contribution in [0.2, 0.25) is 0 Å². The molecule has 1 heterocycles. The van der Waals surface area contributed by atoms with E-state index in [1.54, 1.807) is 0 Å². The van der Waals surface area contributed by atoms with Crippen LogP contribution in [0.3, 0.4) is 0 Å². The van der Waals surface area contributed by atoms with Crippen LogP contribution >= 0.6 is 0 Å². The Labute approximate surface area is 173 Å². The van der Waals surface area contributed by atoms with Crippen LogP contribution in [0.25, 0.3) is 0 Å². The number of aromatic nitrogens is 2. The summed E-state index contributed by atoms with van der Waals surface area (Å²) in [5.74, 6) is 11.7. The van der Waals surface area contributed by atoms with Gasteiger partial charge in [-0.1, -0.05) is 0 Å². The highest BCUT2D eigenvalue weighted by molar-refractivity contribution is 5.93. The Morgan fingerprint density at radius 1 is 0.793 bits per heavy atom. The van der Waals surface area contributed by atoms with Crippen molar-refractivity contribution in [2.24, 2.45) is 41.4 Å². The predicted molar refractivity (Wildman–Crippen MR) is 110 cm³/mol. The highest BCUT2D eigenvalue weighted by Gasteiger charge is 2.56. The second-order valence-corrected chi connectivity index (χ2v) is 12.2. The largest absolute Gasteiger partial charge is 0.344 e. The van der Waals surface area contributed by atoms with E-state index in [1.807, 2.05) is 0 Å². The molecule has 8 saturated carbocycles. The van der Waals surface area contributed by atoms with Crippen LogP contribution in [0.4, 0.5) is 0 Å². The van der Waals surface area contributed by atoms with Gasteiger partial charge in [0.2, 0.25) is 0 Å². The molecule has 0 aromatic carbocycles. The van der Waals surface area contributed by atoms with E-state index in [0.29, 0.717) is 5.69 Å². The van der Waals surface area contributed by atoms with E-state index in [4.69, 9.17) is 10.8 Å². The molecule has 1 aromatic rings. The highest BCUT2D eigenvalue weighted by Crippen LogP contribution is 2.63. The van der Waals surface area contributed by atoms with Gasteiger partial charge in [0.15, 0.2) is 5.69 Å². The van der Waals surface area contributed by atoms with Crippen molar-refractivity contribution in [3.05, 3.63) is 17.2 Å². The Morgan fingerprint density at radius 2 is 1.21 bits per heavy atom. The van der Waals surface area contributed by atoms with Crippen molar-refractivity contribution in [2.45, 2.75) is 87.9 Å². The average Bonchev–Trinajstić information content (AvgIpc) is 3.12. The smallest absolute Gasteiger partial charge is 0.285 e. The van der Waals surface area contributed by atoms with E-state index in [0.717, 1.165) is 47.0 Å². The number of amides is 1. The number of hydrogen-bond acceptors (Lipinski definition) is 3. The van der Waals surface area contributed by atoms with E-state index < -0.39 is 0 Å². The molecule has 4 N–H and O–H groups in total. The fourth-order valence-electron chi connectivity index (χ4n) is 10.1. The number of imidazole rings is 1. The first-order valence-electron chi connectivity index (χ1n) is 12.2. The molecule has 0 atom stereocenters. The Kier molecular flexibility index (Phi) is 3.38. The van der Waals surface area contributed by atoms with Gasteiger partial charge < -0.3 is 4.98 Å². The molecule has 0 aliphatic heterocycles. The van der Waals surface area contributed by atoms with E-state index in [2.05, 4.69) is 10.4 Å². The zero-order valence-electron chi connectivity index (χ0n) is 17.4. The standard InChI is InChI=1S/C24H34N4O/c25-28-21(29)19-20(23-7-13-1-14(8-23)3-15(2-13)9-23)27-22(26-19)24-10-16-4-17(11-24)6-18(5-16)12-24/h13-18H,1-12,25H2,(H,26,27)(H,28,29). The first-order valence-corrected chi connectivity index (χ1v) is 12.2. The maximum Gasteiger partial charge on any atom is 0.285 e. The molecule has 5 nitrogen and oxygen atoms in total. The number of nitrogens with zero attached hydrogens (tertiary/aromatic N) is 1. The number of aromatic amines is 1. The van der Waals surface area contributed by atoms with Crippen LogP contribution in [0.5, 0.6) is 0 Å². The number of nitrogen functional groups attached to an aromatic ring is 1. The lowest BCUT2D eigenvalue weighted by Crippen LogP contribution is -2.50. The minimum Gasteiger partial charge on any atom is -0.344 e. The van der Waals surface area contributed by atoms with Gasteiger partial charge in [-0.2, -0.15) is 0 Å². The molecule has 156 valence electrons. The first-order chi connectivity index (χ1) is 14.0. The van der Waals surface area contributed by atoms with Gasteiger partial charge in [-0.15, -0.1) is 0 Å². The SMILES string of the molecule is NNC(=O)c1nc(C23CC4CC(CC(C4)C2)C3)[nH]c1C12CC3CC(CC(C3)C1)C2. The zero-order chi connectivity index (χ0) is 19.4. The van der Waals surface area contributed by atoms with Crippen LogP contribution in [-0.2, 0) is 10.8 Å². The Morgan fingerprint density at radius 3 is 1.62 bits per heavy atom. The molecule has 8 aliphatic carbocycles. The van der Waals surface area contributed by atoms with Gasteiger partial charge in [-0.05, 0) is 113 Å². The van der Waals surface area contributed by atoms with Crippen LogP contribution < -0.4 is 11.3 Å². The molecular formula is C24H34N4O. The zero-order valence-corrected chi connectivity index (χ0v) is 17.4. The number of carbonyl (C=O) groups is 1. The lowest BCUT2D eigenvalue weighted by Gasteiger charge is -2.57. The minimum atomic E-state index is -0.192. The van der Waals surface area contributed by atoms with Crippen molar-refractivity contribution in [3.63, 3.8) is 0 Å². The molecule has 9 rings (SSSR count). The van der Waals surface area contributed by atoms with Crippen molar-refractivity contribution < 1.29 is 4.79 Å². The molecule has 8 bridgehead atoms. The Bertz CT molecular complexity index is 800. The first kappa shape index (κ1) is 17.3. The summed E-state index contributed by atoms with van der Waals surface area (Å²) >= 11 is 0. The van der Waals surface area contributed by atoms with Crippen molar-refractivity contribution in [2.75, 3.05) is 0 Å². The van der Waals surface area contributed by atoms with E-state index >= 15 is 0 Å². The summed E-state index contributed by atoms with van der Waals surface area (Å²) in [6, 6.07) is 0. The molecule has 0 radical (unpaired) electrons. The van der Waals surface area contributed by atoms with Crippen LogP contribution in [0.15, 0.2) is 0 Å². The summed E-state index contributed by atoms with van der Waals surface area (Å²) in [5.41, 5.74) is 4.54. The second kappa shape index (κ2) is 5.66. The molecule has 8 fully saturated rings. The van der Waals surface area contributed by atoms with Crippen LogP contribution in [0, 0.1) is 35.5 Å². The fourth-order valence-corrected chi connectivity index (χ4v) is 10.1. The van der Waals surface area contributed by atoms with E-state index in [1.165, 1.54) is 77.0 Å². The van der Waals surface area contributed by atoms with Gasteiger partial charge in [0.25, 0.3) is 5.91 Å². The van der Waals surface area contributed by atoms with Crippen molar-refractivity contribution >= 4 is 5.91 Å². The molecule has 0 unspecified atom stereocenters. The maximum atomic E-state index is 12.8. The van der Waals surface area contributed by atoms with Gasteiger partial charge in [0, 0.05) is 10.8 Å². The van der Waals surface area contributed by atoms with Gasteiger partial charge in [-0.3, -0.25) is 10.2 Å². The third kappa shape index (κ3) is 2.37. The molecule has 0 spiro atoms. The van der Waals surface area contributed by atoms with E-state index in [9.17, 15) is 4.79 Å². The summed E-state index contributed by atoms with van der Waals surface area (Å²) in [6.07, 6.45) is 16.1. The summed E-state index contributed by atoms with van der Waals surface area (Å²) in [5, 5.41) is 0. The molecule has 1 amide bonds. The Hall–Kier alpha value is -1.36. The number of rotatable bonds is 3. The highest BCUT2D eigenvalue weighted by atomic mass is 16.2. The third-order valence-corrected chi connectivity index (χ3v) is 10.2. The lowest BCUT2D eigenvalue weighted by atomic mass is 9.48. The molecule has 0 saturated heterocycles. The summed E-state index contributed by atoms with van der Waals surface area (Å²) in [4.78, 5) is 21.8. The lowest BCUT2D eigenvalue weighted by molar-refractivity contribution is -0.0120. The number of hydrazine groups is 1. The average molecular weight is 395 g/mol. The summed E-state index contributed by atoms with van der Waals surface area (Å²) in [6.45, 7) is 0. The quantitative estimate of drug-likeness (QED) is 0.412. The minimum absolute atomic E-state index is 0.143. The number of carbonyl (C=O) groups excluding carboxylic acids is 1. The Balaban J connectivity index is 1.34. The molecule has 8 aliphatic rings. The molecular weight excluding hydrogens is 360 g/mol. The fraction of sp³-hybridized carbons (Fsp3) is 0.833. The molecule has 29 heavy (non-hydrogen) atoms. The maximum absolute atomic E-state index is 12.8. The second-order valence-electron chi connectivity index (χ2n) is 12.2.